The Balaban J connectivity index is 1.79. The monoisotopic (exact) mass is 454 g/mol. The summed E-state index contributed by atoms with van der Waals surface area (Å²) >= 11 is 0. The van der Waals surface area contributed by atoms with Crippen molar-refractivity contribution in [3.63, 3.8) is 0 Å². The Labute approximate surface area is 193 Å². The summed E-state index contributed by atoms with van der Waals surface area (Å²) in [5.74, 6) is -1.25. The fourth-order valence-corrected chi connectivity index (χ4v) is 2.99. The Bertz CT molecular complexity index is 861. The lowest BCUT2D eigenvalue weighted by Gasteiger charge is -2.08. The van der Waals surface area contributed by atoms with Gasteiger partial charge in [-0.25, -0.2) is 0 Å². The number of rotatable bonds is 12. The van der Waals surface area contributed by atoms with Gasteiger partial charge in [0.25, 0.3) is 0 Å². The van der Waals surface area contributed by atoms with E-state index >= 15 is 0 Å². The number of carbonyl (C=O) groups is 4. The minimum atomic E-state index is -0.384. The van der Waals surface area contributed by atoms with Crippen LogP contribution in [-0.4, -0.2) is 37.0 Å². The molecule has 0 saturated carbocycles. The van der Waals surface area contributed by atoms with E-state index in [1.165, 1.54) is 0 Å². The molecule has 0 bridgehead atoms. The van der Waals surface area contributed by atoms with Crippen molar-refractivity contribution in [3.05, 3.63) is 59.7 Å². The number of ether oxygens (including phenoxy) is 2. The number of hydrogen-bond acceptors (Lipinski definition) is 6. The molecule has 0 aliphatic carbocycles. The van der Waals surface area contributed by atoms with Crippen LogP contribution < -0.4 is 10.6 Å². The van der Waals surface area contributed by atoms with E-state index in [2.05, 4.69) is 10.6 Å². The predicted octanol–water partition coefficient (Wildman–Crippen LogP) is 3.84. The molecule has 2 rings (SSSR count). The first-order valence-corrected chi connectivity index (χ1v) is 11.0. The highest BCUT2D eigenvalue weighted by molar-refractivity contribution is 5.93. The van der Waals surface area contributed by atoms with Crippen molar-refractivity contribution < 1.29 is 28.7 Å². The zero-order chi connectivity index (χ0) is 24.1. The second kappa shape index (κ2) is 13.7. The van der Waals surface area contributed by atoms with Gasteiger partial charge in [0.2, 0.25) is 11.8 Å². The third kappa shape index (κ3) is 9.99. The lowest BCUT2D eigenvalue weighted by Crippen LogP contribution is -2.14. The zero-order valence-corrected chi connectivity index (χ0v) is 19.0. The number of hydrogen-bond donors (Lipinski definition) is 2. The standard InChI is InChI=1S/C25H30N2O6/c1-3-32-24(30)15-13-22(28)26-20-9-5-18(6-10-20)17-19-7-11-21(12-8-19)27-23(29)14-16-25(31)33-4-2/h5-12H,3-4,13-17H2,1-2H3,(H,26,28)(H,27,29). The highest BCUT2D eigenvalue weighted by atomic mass is 16.5. The van der Waals surface area contributed by atoms with E-state index in [1.807, 2.05) is 48.5 Å². The molecule has 0 heterocycles. The van der Waals surface area contributed by atoms with Crippen molar-refractivity contribution in [1.29, 1.82) is 0 Å². The Morgan fingerprint density at radius 1 is 0.606 bits per heavy atom. The van der Waals surface area contributed by atoms with Crippen LogP contribution >= 0.6 is 0 Å². The molecule has 2 aromatic rings. The van der Waals surface area contributed by atoms with Gasteiger partial charge >= 0.3 is 11.9 Å². The van der Waals surface area contributed by atoms with Gasteiger partial charge in [-0.05, 0) is 55.7 Å². The van der Waals surface area contributed by atoms with Crippen LogP contribution in [0.3, 0.4) is 0 Å². The van der Waals surface area contributed by atoms with Gasteiger partial charge < -0.3 is 20.1 Å². The van der Waals surface area contributed by atoms with Crippen molar-refractivity contribution in [3.8, 4) is 0 Å². The maximum absolute atomic E-state index is 11.9. The van der Waals surface area contributed by atoms with E-state index in [9.17, 15) is 19.2 Å². The molecule has 33 heavy (non-hydrogen) atoms. The maximum atomic E-state index is 11.9. The van der Waals surface area contributed by atoms with Crippen LogP contribution in [0.25, 0.3) is 0 Å². The average molecular weight is 455 g/mol. The number of amides is 2. The topological polar surface area (TPSA) is 111 Å². The minimum absolute atomic E-state index is 0.0552. The van der Waals surface area contributed by atoms with Gasteiger partial charge in [0, 0.05) is 24.2 Å². The van der Waals surface area contributed by atoms with Crippen LogP contribution in [0.1, 0.15) is 50.7 Å². The van der Waals surface area contributed by atoms with E-state index in [0.717, 1.165) is 11.1 Å². The Kier molecular flexibility index (Phi) is 10.6. The Morgan fingerprint density at radius 3 is 1.30 bits per heavy atom. The smallest absolute Gasteiger partial charge is 0.306 e. The van der Waals surface area contributed by atoms with Crippen molar-refractivity contribution >= 4 is 35.1 Å². The lowest BCUT2D eigenvalue weighted by atomic mass is 10.0. The molecule has 0 aromatic heterocycles. The molecule has 8 heteroatoms. The van der Waals surface area contributed by atoms with E-state index in [4.69, 9.17) is 9.47 Å². The predicted molar refractivity (Wildman–Crippen MR) is 125 cm³/mol. The number of anilines is 2. The van der Waals surface area contributed by atoms with Gasteiger partial charge in [-0.2, -0.15) is 0 Å². The first kappa shape index (κ1) is 25.6. The average Bonchev–Trinajstić information content (AvgIpc) is 2.79. The highest BCUT2D eigenvalue weighted by Crippen LogP contribution is 2.16. The third-order valence-electron chi connectivity index (χ3n) is 4.61. The van der Waals surface area contributed by atoms with Crippen LogP contribution in [0, 0.1) is 0 Å². The van der Waals surface area contributed by atoms with Gasteiger partial charge in [0.15, 0.2) is 0 Å². The number of carbonyl (C=O) groups excluding carboxylic acids is 4. The Morgan fingerprint density at radius 2 is 0.970 bits per heavy atom. The normalized spacial score (nSPS) is 10.2. The number of nitrogens with one attached hydrogen (secondary N) is 2. The van der Waals surface area contributed by atoms with Gasteiger partial charge in [0.1, 0.15) is 0 Å². The molecule has 0 atom stereocenters. The van der Waals surface area contributed by atoms with Crippen molar-refractivity contribution in [2.24, 2.45) is 0 Å². The van der Waals surface area contributed by atoms with E-state index in [1.54, 1.807) is 13.8 Å². The third-order valence-corrected chi connectivity index (χ3v) is 4.61. The summed E-state index contributed by atoms with van der Waals surface area (Å²) in [6.07, 6.45) is 0.950. The first-order valence-electron chi connectivity index (χ1n) is 11.0. The SMILES string of the molecule is CCOC(=O)CCC(=O)Nc1ccc(Cc2ccc(NC(=O)CCC(=O)OCC)cc2)cc1. The fourth-order valence-electron chi connectivity index (χ4n) is 2.99. The molecule has 0 spiro atoms. The molecule has 176 valence electrons. The van der Waals surface area contributed by atoms with Crippen molar-refractivity contribution in [1.82, 2.24) is 0 Å². The Hall–Kier alpha value is -3.68. The second-order valence-corrected chi connectivity index (χ2v) is 7.28. The molecule has 0 aliphatic heterocycles. The molecule has 0 radical (unpaired) electrons. The summed E-state index contributed by atoms with van der Waals surface area (Å²) < 4.78 is 9.62. The molecule has 2 N–H and O–H groups in total. The van der Waals surface area contributed by atoms with Crippen molar-refractivity contribution in [2.75, 3.05) is 23.8 Å². The summed E-state index contributed by atoms with van der Waals surface area (Å²) in [7, 11) is 0. The number of esters is 2. The summed E-state index contributed by atoms with van der Waals surface area (Å²) in [6.45, 7) is 4.05. The highest BCUT2D eigenvalue weighted by Gasteiger charge is 2.09. The lowest BCUT2D eigenvalue weighted by molar-refractivity contribution is -0.144. The summed E-state index contributed by atoms with van der Waals surface area (Å²) in [5.41, 5.74) is 3.44. The minimum Gasteiger partial charge on any atom is -0.466 e. The van der Waals surface area contributed by atoms with Gasteiger partial charge in [-0.15, -0.1) is 0 Å². The molecule has 0 aliphatic rings. The quantitative estimate of drug-likeness (QED) is 0.472. The molecule has 2 aromatic carbocycles. The molecule has 0 unspecified atom stereocenters. The summed E-state index contributed by atoms with van der Waals surface area (Å²) in [5, 5.41) is 5.53. The van der Waals surface area contributed by atoms with E-state index in [0.29, 0.717) is 31.0 Å². The van der Waals surface area contributed by atoms with Gasteiger partial charge in [-0.1, -0.05) is 24.3 Å². The van der Waals surface area contributed by atoms with Crippen LogP contribution in [0.2, 0.25) is 0 Å². The van der Waals surface area contributed by atoms with E-state index < -0.39 is 0 Å². The molecule has 0 fully saturated rings. The molecule has 2 amide bonds. The van der Waals surface area contributed by atoms with Crippen LogP contribution in [0.15, 0.2) is 48.5 Å². The van der Waals surface area contributed by atoms with Crippen LogP contribution in [0.5, 0.6) is 0 Å². The zero-order valence-electron chi connectivity index (χ0n) is 19.0. The van der Waals surface area contributed by atoms with Crippen LogP contribution in [0.4, 0.5) is 11.4 Å². The molecular weight excluding hydrogens is 424 g/mol. The van der Waals surface area contributed by atoms with Crippen molar-refractivity contribution in [2.45, 2.75) is 46.0 Å². The first-order chi connectivity index (χ1) is 15.9. The second-order valence-electron chi connectivity index (χ2n) is 7.28. The molecular formula is C25H30N2O6. The van der Waals surface area contributed by atoms with Gasteiger partial charge in [0.05, 0.1) is 26.1 Å². The largest absolute Gasteiger partial charge is 0.466 e. The molecule has 8 nitrogen and oxygen atoms in total. The van der Waals surface area contributed by atoms with Gasteiger partial charge in [-0.3, -0.25) is 19.2 Å². The maximum Gasteiger partial charge on any atom is 0.306 e. The fraction of sp³-hybridized carbons (Fsp3) is 0.360. The summed E-state index contributed by atoms with van der Waals surface area (Å²) in [6, 6.07) is 15.0. The molecule has 0 saturated heterocycles. The summed E-state index contributed by atoms with van der Waals surface area (Å²) in [4.78, 5) is 46.5. The van der Waals surface area contributed by atoms with Crippen LogP contribution in [-0.2, 0) is 35.1 Å². The number of benzene rings is 2. The van der Waals surface area contributed by atoms with E-state index in [-0.39, 0.29) is 49.4 Å².